The van der Waals surface area contributed by atoms with Gasteiger partial charge in [0.15, 0.2) is 0 Å². The van der Waals surface area contributed by atoms with E-state index < -0.39 is 5.60 Å². The second-order valence-electron chi connectivity index (χ2n) is 13.5. The number of halogens is 2. The van der Waals surface area contributed by atoms with Crippen molar-refractivity contribution in [2.45, 2.75) is 58.6 Å². The Morgan fingerprint density at radius 3 is 2.71 bits per heavy atom. The molecule has 274 valence electrons. The van der Waals surface area contributed by atoms with Crippen LogP contribution >= 0.6 is 11.6 Å². The van der Waals surface area contributed by atoms with Crippen molar-refractivity contribution in [2.24, 2.45) is 0 Å². The fourth-order valence-corrected chi connectivity index (χ4v) is 7.85. The van der Waals surface area contributed by atoms with Crippen molar-refractivity contribution in [3.05, 3.63) is 94.2 Å². The number of aromatic nitrogens is 3. The van der Waals surface area contributed by atoms with Crippen LogP contribution in [0.2, 0.25) is 5.02 Å². The number of H-pyrrole nitrogens is 1. The number of carbonyl (C=O) groups is 1. The number of hydrogen-bond donors (Lipinski definition) is 1. The average molecular weight is 729 g/mol. The molecule has 1 N–H and O–H groups in total. The molecule has 52 heavy (non-hydrogen) atoms. The van der Waals surface area contributed by atoms with E-state index in [0.717, 1.165) is 89.0 Å². The van der Waals surface area contributed by atoms with E-state index in [1.165, 1.54) is 12.1 Å². The molecule has 0 aliphatic carbocycles. The Bertz CT molecular complexity index is 2100. The highest BCUT2D eigenvalue weighted by Gasteiger charge is 2.37. The number of esters is 1. The van der Waals surface area contributed by atoms with E-state index in [1.54, 1.807) is 6.07 Å². The van der Waals surface area contributed by atoms with E-state index in [2.05, 4.69) is 23.8 Å². The van der Waals surface area contributed by atoms with Gasteiger partial charge in [-0.15, -0.1) is 0 Å². The summed E-state index contributed by atoms with van der Waals surface area (Å²) in [6.07, 6.45) is 6.66. The minimum absolute atomic E-state index is 0.245. The van der Waals surface area contributed by atoms with Gasteiger partial charge in [0.2, 0.25) is 0 Å². The van der Waals surface area contributed by atoms with Gasteiger partial charge in [-0.1, -0.05) is 48.9 Å². The minimum atomic E-state index is -0.729. The Labute approximate surface area is 308 Å². The summed E-state index contributed by atoms with van der Waals surface area (Å²) in [7, 11) is 0. The number of fused-ring (bicyclic) bond motifs is 3. The van der Waals surface area contributed by atoms with Crippen molar-refractivity contribution in [2.75, 3.05) is 52.7 Å². The van der Waals surface area contributed by atoms with Crippen molar-refractivity contribution >= 4 is 39.2 Å². The Hall–Kier alpha value is -4.22. The van der Waals surface area contributed by atoms with Crippen LogP contribution in [-0.2, 0) is 39.2 Å². The standard InChI is InChI=1S/C41H46ClFN4O5/c1-4-33-36-35-32(42)16-15-31-30(11-9-22-51-34-12-8-10-27-26-28(43)13-14-29(27)34)38(40(48)50-5-2)47(37(31)35)18-6-7-23-52-41(3,39(36)45-44-33)17-19-46-20-24-49-25-21-46/h6-8,10,12-16,26H,4-5,9,11,17-25H2,1-3H3,(H,44,45)/b7-6-/t41-/m0/s1. The predicted octanol–water partition coefficient (Wildman–Crippen LogP) is 8.25. The molecule has 0 spiro atoms. The quantitative estimate of drug-likeness (QED) is 0.0832. The molecule has 0 radical (unpaired) electrons. The molecule has 9 nitrogen and oxygen atoms in total. The molecule has 2 aliphatic rings. The smallest absolute Gasteiger partial charge is 0.355 e. The fourth-order valence-electron chi connectivity index (χ4n) is 7.60. The first-order chi connectivity index (χ1) is 25.3. The lowest BCUT2D eigenvalue weighted by molar-refractivity contribution is -0.0435. The lowest BCUT2D eigenvalue weighted by Gasteiger charge is -2.33. The van der Waals surface area contributed by atoms with Gasteiger partial charge >= 0.3 is 5.97 Å². The van der Waals surface area contributed by atoms with Crippen molar-refractivity contribution in [3.8, 4) is 16.9 Å². The van der Waals surface area contributed by atoms with Gasteiger partial charge in [-0.3, -0.25) is 10.00 Å². The molecule has 5 aromatic rings. The highest BCUT2D eigenvalue weighted by atomic mass is 35.5. The molecule has 2 aromatic heterocycles. The van der Waals surface area contributed by atoms with Gasteiger partial charge in [-0.2, -0.15) is 5.10 Å². The van der Waals surface area contributed by atoms with Gasteiger partial charge < -0.3 is 23.5 Å². The fraction of sp³-hybridized carbons (Fsp3) is 0.415. The normalized spacial score (nSPS) is 18.6. The molecule has 7 rings (SSSR count). The van der Waals surface area contributed by atoms with Gasteiger partial charge in [0.25, 0.3) is 0 Å². The first-order valence-corrected chi connectivity index (χ1v) is 18.7. The van der Waals surface area contributed by atoms with Crippen LogP contribution in [-0.4, -0.2) is 78.3 Å². The maximum atomic E-state index is 13.9. The van der Waals surface area contributed by atoms with E-state index in [4.69, 9.17) is 35.6 Å². The largest absolute Gasteiger partial charge is 0.493 e. The molecule has 4 heterocycles. The van der Waals surface area contributed by atoms with Gasteiger partial charge in [0, 0.05) is 53.8 Å². The van der Waals surface area contributed by atoms with Crippen LogP contribution in [0, 0.1) is 5.82 Å². The Kier molecular flexibility index (Phi) is 11.0. The van der Waals surface area contributed by atoms with E-state index in [0.29, 0.717) is 55.5 Å². The highest BCUT2D eigenvalue weighted by molar-refractivity contribution is 6.35. The lowest BCUT2D eigenvalue weighted by Crippen LogP contribution is -2.40. The van der Waals surface area contributed by atoms with Crippen molar-refractivity contribution in [3.63, 3.8) is 0 Å². The molecule has 0 saturated carbocycles. The predicted molar refractivity (Wildman–Crippen MR) is 202 cm³/mol. The number of morpholine rings is 1. The molecule has 11 heteroatoms. The number of ether oxygens (including phenoxy) is 4. The number of allylic oxidation sites excluding steroid dienone is 1. The highest BCUT2D eigenvalue weighted by Crippen LogP contribution is 2.46. The van der Waals surface area contributed by atoms with Crippen molar-refractivity contribution < 1.29 is 28.1 Å². The first kappa shape index (κ1) is 36.2. The summed E-state index contributed by atoms with van der Waals surface area (Å²) in [5, 5.41) is 11.4. The maximum absolute atomic E-state index is 13.9. The lowest BCUT2D eigenvalue weighted by atomic mass is 9.88. The number of benzene rings is 3. The zero-order chi connectivity index (χ0) is 36.2. The third-order valence-electron chi connectivity index (χ3n) is 10.3. The Morgan fingerprint density at radius 2 is 1.90 bits per heavy atom. The molecule has 0 unspecified atom stereocenters. The molecular weight excluding hydrogens is 683 g/mol. The summed E-state index contributed by atoms with van der Waals surface area (Å²) in [4.78, 5) is 16.3. The summed E-state index contributed by atoms with van der Waals surface area (Å²) >= 11 is 7.23. The maximum Gasteiger partial charge on any atom is 0.355 e. The molecular formula is C41H46ClFN4O5. The van der Waals surface area contributed by atoms with Crippen LogP contribution in [0.5, 0.6) is 5.75 Å². The molecule has 1 atom stereocenters. The number of hydrogen-bond acceptors (Lipinski definition) is 7. The number of rotatable bonds is 11. The molecule has 1 fully saturated rings. The Morgan fingerprint density at radius 1 is 1.08 bits per heavy atom. The van der Waals surface area contributed by atoms with Gasteiger partial charge in [0.05, 0.1) is 43.6 Å². The summed E-state index contributed by atoms with van der Waals surface area (Å²) < 4.78 is 40.2. The summed E-state index contributed by atoms with van der Waals surface area (Å²) in [5.74, 6) is 0.0232. The number of aryl methyl sites for hydroxylation is 2. The second kappa shape index (κ2) is 15.8. The first-order valence-electron chi connectivity index (χ1n) is 18.3. The second-order valence-corrected chi connectivity index (χ2v) is 14.0. The molecule has 2 aliphatic heterocycles. The van der Waals surface area contributed by atoms with Crippen LogP contribution in [0.4, 0.5) is 4.39 Å². The van der Waals surface area contributed by atoms with Gasteiger partial charge in [-0.05, 0) is 80.8 Å². The zero-order valence-electron chi connectivity index (χ0n) is 30.1. The van der Waals surface area contributed by atoms with E-state index in [9.17, 15) is 9.18 Å². The third-order valence-corrected chi connectivity index (χ3v) is 10.6. The molecule has 1 saturated heterocycles. The van der Waals surface area contributed by atoms with E-state index in [1.807, 2.05) is 54.0 Å². The van der Waals surface area contributed by atoms with Crippen LogP contribution in [0.1, 0.15) is 61.1 Å². The van der Waals surface area contributed by atoms with Crippen molar-refractivity contribution in [1.29, 1.82) is 0 Å². The molecule has 0 bridgehead atoms. The number of carbonyl (C=O) groups excluding carboxylic acids is 1. The van der Waals surface area contributed by atoms with Crippen LogP contribution in [0.15, 0.2) is 60.7 Å². The number of aromatic amines is 1. The van der Waals surface area contributed by atoms with Crippen molar-refractivity contribution in [1.82, 2.24) is 19.7 Å². The van der Waals surface area contributed by atoms with E-state index in [-0.39, 0.29) is 18.4 Å². The average Bonchev–Trinajstić information content (AvgIpc) is 3.71. The Balaban J connectivity index is 1.31. The van der Waals surface area contributed by atoms with Crippen LogP contribution in [0.3, 0.4) is 0 Å². The number of nitrogens with zero attached hydrogens (tertiary/aromatic N) is 3. The summed E-state index contributed by atoms with van der Waals surface area (Å²) in [5.41, 5.74) is 5.02. The van der Waals surface area contributed by atoms with Crippen LogP contribution < -0.4 is 4.74 Å². The SMILES string of the molecule is CCOC(=O)c1c(CCCOc2cccc3cc(F)ccc23)c2ccc(Cl)c3c2n1C/C=C\CO[C@@](C)(CCN1CCOCC1)c1n[nH]c(CC)c1-3. The zero-order valence-corrected chi connectivity index (χ0v) is 30.9. The number of nitrogens with one attached hydrogen (secondary N) is 1. The summed E-state index contributed by atoms with van der Waals surface area (Å²) in [6, 6.07) is 14.3. The van der Waals surface area contributed by atoms with Crippen LogP contribution in [0.25, 0.3) is 32.8 Å². The van der Waals surface area contributed by atoms with Gasteiger partial charge in [0.1, 0.15) is 28.6 Å². The third kappa shape index (κ3) is 7.09. The van der Waals surface area contributed by atoms with Gasteiger partial charge in [-0.25, -0.2) is 9.18 Å². The molecule has 3 aromatic carbocycles. The topological polar surface area (TPSA) is 90.8 Å². The monoisotopic (exact) mass is 728 g/mol. The molecule has 0 amide bonds. The minimum Gasteiger partial charge on any atom is -0.493 e. The summed E-state index contributed by atoms with van der Waals surface area (Å²) in [6.45, 7) is 11.5. The van der Waals surface area contributed by atoms with E-state index >= 15 is 0 Å².